The molecule has 3 aromatic rings. The van der Waals surface area contributed by atoms with Crippen LogP contribution in [-0.2, 0) is 4.74 Å². The molecule has 28 heavy (non-hydrogen) atoms. The summed E-state index contributed by atoms with van der Waals surface area (Å²) in [4.78, 5) is 0. The SMILES string of the molecule is CC.COC.Oc1ccc(C2=C(c3ccccc3)COc3ccccc32)cc1. The molecule has 0 bridgehead atoms. The highest BCUT2D eigenvalue weighted by Gasteiger charge is 2.22. The molecule has 3 aromatic carbocycles. The smallest absolute Gasteiger partial charge is 0.127 e. The van der Waals surface area contributed by atoms with Crippen LogP contribution in [0.4, 0.5) is 0 Å². The zero-order chi connectivity index (χ0) is 20.4. The third-order valence-corrected chi connectivity index (χ3v) is 4.11. The van der Waals surface area contributed by atoms with Crippen molar-refractivity contribution in [3.63, 3.8) is 0 Å². The van der Waals surface area contributed by atoms with Gasteiger partial charge in [-0.05, 0) is 34.9 Å². The molecule has 0 atom stereocenters. The van der Waals surface area contributed by atoms with Gasteiger partial charge in [-0.15, -0.1) is 0 Å². The van der Waals surface area contributed by atoms with Gasteiger partial charge in [0.25, 0.3) is 0 Å². The Morgan fingerprint density at radius 2 is 1.32 bits per heavy atom. The molecule has 146 valence electrons. The number of para-hydroxylation sites is 1. The summed E-state index contributed by atoms with van der Waals surface area (Å²) in [5, 5.41) is 9.59. The largest absolute Gasteiger partial charge is 0.508 e. The Morgan fingerprint density at radius 1 is 0.750 bits per heavy atom. The Labute approximate surface area is 167 Å². The van der Waals surface area contributed by atoms with Gasteiger partial charge in [-0.3, -0.25) is 0 Å². The van der Waals surface area contributed by atoms with Gasteiger partial charge in [0.1, 0.15) is 18.1 Å². The molecule has 1 aliphatic rings. The van der Waals surface area contributed by atoms with E-state index in [4.69, 9.17) is 4.74 Å². The molecule has 0 fully saturated rings. The van der Waals surface area contributed by atoms with E-state index in [-0.39, 0.29) is 5.75 Å². The minimum Gasteiger partial charge on any atom is -0.508 e. The first-order valence-electron chi connectivity index (χ1n) is 9.45. The molecule has 1 heterocycles. The number of phenolic OH excluding ortho intramolecular Hbond substituents is 1. The minimum absolute atomic E-state index is 0.274. The van der Waals surface area contributed by atoms with Crippen LogP contribution >= 0.6 is 0 Å². The van der Waals surface area contributed by atoms with Crippen molar-refractivity contribution in [3.8, 4) is 11.5 Å². The summed E-state index contributed by atoms with van der Waals surface area (Å²) >= 11 is 0. The van der Waals surface area contributed by atoms with Gasteiger partial charge in [0, 0.05) is 25.4 Å². The van der Waals surface area contributed by atoms with Crippen LogP contribution in [0.15, 0.2) is 78.9 Å². The Morgan fingerprint density at radius 3 is 1.96 bits per heavy atom. The van der Waals surface area contributed by atoms with Gasteiger partial charge in [-0.2, -0.15) is 0 Å². The van der Waals surface area contributed by atoms with E-state index in [2.05, 4.69) is 22.9 Å². The van der Waals surface area contributed by atoms with E-state index in [1.807, 2.05) is 62.4 Å². The lowest BCUT2D eigenvalue weighted by molar-refractivity contribution is 0.277. The van der Waals surface area contributed by atoms with E-state index in [1.54, 1.807) is 26.4 Å². The predicted octanol–water partition coefficient (Wildman–Crippen LogP) is 6.03. The maximum absolute atomic E-state index is 9.59. The van der Waals surface area contributed by atoms with Crippen LogP contribution < -0.4 is 4.74 Å². The molecular formula is C25H28O3. The Hall–Kier alpha value is -3.04. The van der Waals surface area contributed by atoms with Gasteiger partial charge in [-0.25, -0.2) is 0 Å². The monoisotopic (exact) mass is 376 g/mol. The lowest BCUT2D eigenvalue weighted by atomic mass is 9.88. The van der Waals surface area contributed by atoms with Crippen molar-refractivity contribution < 1.29 is 14.6 Å². The van der Waals surface area contributed by atoms with Crippen molar-refractivity contribution in [3.05, 3.63) is 95.6 Å². The molecule has 0 amide bonds. The van der Waals surface area contributed by atoms with Gasteiger partial charge >= 0.3 is 0 Å². The molecule has 3 heteroatoms. The molecule has 0 aliphatic carbocycles. The molecule has 0 aromatic heterocycles. The molecular weight excluding hydrogens is 348 g/mol. The molecule has 4 rings (SSSR count). The maximum Gasteiger partial charge on any atom is 0.127 e. The van der Waals surface area contributed by atoms with Crippen LogP contribution in [0.5, 0.6) is 11.5 Å². The Bertz CT molecular complexity index is 881. The highest BCUT2D eigenvalue weighted by atomic mass is 16.5. The lowest BCUT2D eigenvalue weighted by Gasteiger charge is -2.25. The average molecular weight is 376 g/mol. The first kappa shape index (κ1) is 21.3. The number of fused-ring (bicyclic) bond motifs is 1. The molecule has 0 unspecified atom stereocenters. The Kier molecular flexibility index (Phi) is 8.32. The van der Waals surface area contributed by atoms with E-state index < -0.39 is 0 Å². The maximum atomic E-state index is 9.59. The van der Waals surface area contributed by atoms with Crippen molar-refractivity contribution in [2.75, 3.05) is 20.8 Å². The zero-order valence-electron chi connectivity index (χ0n) is 17.0. The van der Waals surface area contributed by atoms with Crippen molar-refractivity contribution >= 4 is 11.1 Å². The van der Waals surface area contributed by atoms with E-state index in [9.17, 15) is 5.11 Å². The fraction of sp³-hybridized carbons (Fsp3) is 0.200. The number of hydrogen-bond donors (Lipinski definition) is 1. The van der Waals surface area contributed by atoms with Gasteiger partial charge in [0.05, 0.1) is 0 Å². The number of benzene rings is 3. The number of phenols is 1. The number of methoxy groups -OCH3 is 1. The molecule has 1 aliphatic heterocycles. The lowest BCUT2D eigenvalue weighted by Crippen LogP contribution is -2.11. The van der Waals surface area contributed by atoms with Crippen LogP contribution in [0.1, 0.15) is 30.5 Å². The summed E-state index contributed by atoms with van der Waals surface area (Å²) in [6, 6.07) is 25.8. The highest BCUT2D eigenvalue weighted by Crippen LogP contribution is 2.40. The fourth-order valence-electron chi connectivity index (χ4n) is 3.01. The normalized spacial score (nSPS) is 11.9. The van der Waals surface area contributed by atoms with Gasteiger partial charge in [0.2, 0.25) is 0 Å². The van der Waals surface area contributed by atoms with Crippen molar-refractivity contribution in [1.29, 1.82) is 0 Å². The summed E-state index contributed by atoms with van der Waals surface area (Å²) in [6.07, 6.45) is 0. The van der Waals surface area contributed by atoms with Crippen LogP contribution in [0.2, 0.25) is 0 Å². The Balaban J connectivity index is 0.000000514. The summed E-state index contributed by atoms with van der Waals surface area (Å²) in [6.45, 7) is 4.54. The summed E-state index contributed by atoms with van der Waals surface area (Å²) in [7, 11) is 3.25. The fourth-order valence-corrected chi connectivity index (χ4v) is 3.01. The second-order valence-corrected chi connectivity index (χ2v) is 5.96. The number of hydrogen-bond acceptors (Lipinski definition) is 3. The van der Waals surface area contributed by atoms with Crippen molar-refractivity contribution in [1.82, 2.24) is 0 Å². The number of ether oxygens (including phenoxy) is 2. The summed E-state index contributed by atoms with van der Waals surface area (Å²) < 4.78 is 10.2. The molecule has 1 N–H and O–H groups in total. The van der Waals surface area contributed by atoms with E-state index >= 15 is 0 Å². The molecule has 0 radical (unpaired) electrons. The number of rotatable bonds is 2. The quantitative estimate of drug-likeness (QED) is 0.593. The van der Waals surface area contributed by atoms with E-state index in [0.717, 1.165) is 33.6 Å². The topological polar surface area (TPSA) is 38.7 Å². The predicted molar refractivity (Wildman–Crippen MR) is 117 cm³/mol. The van der Waals surface area contributed by atoms with E-state index in [0.29, 0.717) is 6.61 Å². The standard InChI is InChI=1S/C21H16O2.C2H6O.C2H6/c22-17-12-10-16(11-13-17)21-18-8-4-5-9-20(18)23-14-19(21)15-6-2-1-3-7-15;1-3-2;1-2/h1-13,22H,14H2;1-2H3;1-2H3. The molecule has 0 spiro atoms. The average Bonchev–Trinajstić information content (AvgIpc) is 2.76. The molecule has 0 saturated heterocycles. The second-order valence-electron chi connectivity index (χ2n) is 5.96. The van der Waals surface area contributed by atoms with Crippen LogP contribution in [-0.4, -0.2) is 25.9 Å². The van der Waals surface area contributed by atoms with Crippen LogP contribution in [0.25, 0.3) is 11.1 Å². The van der Waals surface area contributed by atoms with E-state index in [1.165, 1.54) is 0 Å². The van der Waals surface area contributed by atoms with Crippen LogP contribution in [0.3, 0.4) is 0 Å². The number of aromatic hydroxyl groups is 1. The summed E-state index contributed by atoms with van der Waals surface area (Å²) in [5.74, 6) is 1.17. The summed E-state index contributed by atoms with van der Waals surface area (Å²) in [5.41, 5.74) is 5.65. The van der Waals surface area contributed by atoms with Gasteiger partial charge < -0.3 is 14.6 Å². The van der Waals surface area contributed by atoms with Crippen molar-refractivity contribution in [2.45, 2.75) is 13.8 Å². The minimum atomic E-state index is 0.274. The van der Waals surface area contributed by atoms with Gasteiger partial charge in [-0.1, -0.05) is 74.5 Å². The second kappa shape index (κ2) is 11.0. The third kappa shape index (κ3) is 5.02. The first-order chi connectivity index (χ1) is 13.7. The van der Waals surface area contributed by atoms with Crippen LogP contribution in [0, 0.1) is 0 Å². The van der Waals surface area contributed by atoms with Gasteiger partial charge in [0.15, 0.2) is 0 Å². The molecule has 0 saturated carbocycles. The zero-order valence-corrected chi connectivity index (χ0v) is 17.0. The van der Waals surface area contributed by atoms with Crippen molar-refractivity contribution in [2.24, 2.45) is 0 Å². The molecule has 3 nitrogen and oxygen atoms in total. The highest BCUT2D eigenvalue weighted by molar-refractivity contribution is 6.01. The third-order valence-electron chi connectivity index (χ3n) is 4.11. The first-order valence-corrected chi connectivity index (χ1v) is 9.45.